The maximum atomic E-state index is 2.33. The van der Waals surface area contributed by atoms with Crippen LogP contribution in [0, 0.1) is 0 Å². The summed E-state index contributed by atoms with van der Waals surface area (Å²) in [6.07, 6.45) is 4.16. The van der Waals surface area contributed by atoms with Crippen molar-refractivity contribution in [2.75, 3.05) is 11.5 Å². The Morgan fingerprint density at radius 1 is 1.27 bits per heavy atom. The highest BCUT2D eigenvalue weighted by atomic mass is 32.2. The van der Waals surface area contributed by atoms with E-state index in [0.29, 0.717) is 0 Å². The van der Waals surface area contributed by atoms with Gasteiger partial charge in [-0.15, -0.1) is 0 Å². The second-order valence-electron chi connectivity index (χ2n) is 3.07. The lowest BCUT2D eigenvalue weighted by Gasteiger charge is -2.15. The lowest BCUT2D eigenvalue weighted by Crippen LogP contribution is -2.09. The van der Waals surface area contributed by atoms with Crippen LogP contribution in [0.2, 0.25) is 5.82 Å². The molecule has 1 saturated heterocycles. The molecule has 1 fully saturated rings. The van der Waals surface area contributed by atoms with E-state index in [1.165, 1.54) is 30.8 Å². The fraction of sp³-hybridized carbons (Fsp3) is 1.00. The molecule has 1 aliphatic rings. The first-order valence-electron chi connectivity index (χ1n) is 4.61. The van der Waals surface area contributed by atoms with Crippen LogP contribution in [0.3, 0.4) is 0 Å². The van der Waals surface area contributed by atoms with Gasteiger partial charge in [0.15, 0.2) is 0 Å². The molecule has 0 saturated carbocycles. The average Bonchev–Trinajstić information content (AvgIpc) is 2.52. The molecule has 0 aliphatic carbocycles. The Labute approximate surface area is 79.2 Å². The highest BCUT2D eigenvalue weighted by Gasteiger charge is 2.28. The van der Waals surface area contributed by atoms with Gasteiger partial charge in [0.25, 0.3) is 5.27 Å². The van der Waals surface area contributed by atoms with Gasteiger partial charge >= 0.3 is 0 Å². The van der Waals surface area contributed by atoms with E-state index in [-0.39, 0.29) is 0 Å². The third-order valence-electron chi connectivity index (χ3n) is 2.22. The lowest BCUT2D eigenvalue weighted by molar-refractivity contribution is 0.696. The largest absolute Gasteiger partial charge is 0.276 e. The quantitative estimate of drug-likeness (QED) is 0.619. The minimum absolute atomic E-state index is 0.931. The summed E-state index contributed by atoms with van der Waals surface area (Å²) in [7, 11) is 0. The molecule has 0 aromatic carbocycles. The second kappa shape index (κ2) is 5.42. The summed E-state index contributed by atoms with van der Waals surface area (Å²) in [6.45, 7) is 4.63. The summed E-state index contributed by atoms with van der Waals surface area (Å²) in [6, 6.07) is 0. The Morgan fingerprint density at radius 3 is 2.36 bits per heavy atom. The van der Waals surface area contributed by atoms with Crippen molar-refractivity contribution in [3.63, 3.8) is 0 Å². The van der Waals surface area contributed by atoms with E-state index in [4.69, 9.17) is 0 Å². The molecule has 1 unspecified atom stereocenters. The maximum absolute atomic E-state index is 2.33. The van der Waals surface area contributed by atoms with E-state index in [2.05, 4.69) is 37.1 Å². The van der Waals surface area contributed by atoms with Crippen molar-refractivity contribution < 1.29 is 0 Å². The Balaban J connectivity index is 2.27. The minimum Gasteiger partial charge on any atom is -0.194 e. The van der Waals surface area contributed by atoms with E-state index >= 15 is 0 Å². The van der Waals surface area contributed by atoms with Gasteiger partial charge in [-0.05, 0) is 17.3 Å². The predicted molar refractivity (Wildman–Crippen MR) is 59.6 cm³/mol. The van der Waals surface area contributed by atoms with Crippen molar-refractivity contribution >= 4 is 28.5 Å². The molecule has 0 amide bonds. The highest BCUT2D eigenvalue weighted by Crippen LogP contribution is 2.40. The van der Waals surface area contributed by atoms with Crippen LogP contribution in [0.4, 0.5) is 0 Å². The van der Waals surface area contributed by atoms with Crippen molar-refractivity contribution in [1.29, 1.82) is 0 Å². The van der Waals surface area contributed by atoms with Gasteiger partial charge in [0.05, 0.1) is 0 Å². The summed E-state index contributed by atoms with van der Waals surface area (Å²) >= 11 is 4.36. The lowest BCUT2D eigenvalue weighted by atomic mass is 9.78. The molecule has 0 spiro atoms. The maximum Gasteiger partial charge on any atom is 0.276 e. The fourth-order valence-corrected chi connectivity index (χ4v) is 4.95. The molecule has 0 nitrogen and oxygen atoms in total. The Bertz CT molecular complexity index is 102. The van der Waals surface area contributed by atoms with Crippen molar-refractivity contribution in [2.45, 2.75) is 38.9 Å². The van der Waals surface area contributed by atoms with Crippen LogP contribution < -0.4 is 0 Å². The van der Waals surface area contributed by atoms with Crippen LogP contribution in [-0.2, 0) is 0 Å². The molecule has 0 bridgehead atoms. The van der Waals surface area contributed by atoms with Gasteiger partial charge in [0.2, 0.25) is 0 Å². The molecule has 11 heavy (non-hydrogen) atoms. The zero-order valence-electron chi connectivity index (χ0n) is 7.51. The molecule has 1 atom stereocenters. The Morgan fingerprint density at radius 2 is 1.91 bits per heavy atom. The van der Waals surface area contributed by atoms with Gasteiger partial charge in [-0.25, -0.2) is 0 Å². The molecular formula is C8H17BS2. The molecule has 0 aromatic rings. The third kappa shape index (κ3) is 2.94. The van der Waals surface area contributed by atoms with Gasteiger partial charge in [0, 0.05) is 0 Å². The van der Waals surface area contributed by atoms with E-state index in [9.17, 15) is 0 Å². The summed E-state index contributed by atoms with van der Waals surface area (Å²) in [5, 5.41) is 0.931. The first-order chi connectivity index (χ1) is 5.38. The fourth-order valence-electron chi connectivity index (χ4n) is 1.55. The van der Waals surface area contributed by atoms with Crippen LogP contribution in [0.5, 0.6) is 0 Å². The van der Waals surface area contributed by atoms with E-state index < -0.39 is 0 Å². The third-order valence-corrected chi connectivity index (χ3v) is 5.60. The monoisotopic (exact) mass is 188 g/mol. The molecule has 0 aromatic heterocycles. The second-order valence-corrected chi connectivity index (χ2v) is 5.86. The van der Waals surface area contributed by atoms with Crippen LogP contribution in [0.15, 0.2) is 0 Å². The summed E-state index contributed by atoms with van der Waals surface area (Å²) in [4.78, 5) is 0. The first-order valence-corrected chi connectivity index (χ1v) is 6.71. The van der Waals surface area contributed by atoms with Gasteiger partial charge in [0.1, 0.15) is 0 Å². The van der Waals surface area contributed by atoms with Gasteiger partial charge in [-0.2, -0.15) is 23.2 Å². The molecule has 0 radical (unpaired) electrons. The van der Waals surface area contributed by atoms with Crippen molar-refractivity contribution in [2.24, 2.45) is 0 Å². The topological polar surface area (TPSA) is 0 Å². The van der Waals surface area contributed by atoms with Crippen LogP contribution in [-0.4, -0.2) is 16.8 Å². The molecular weight excluding hydrogens is 171 g/mol. The molecule has 1 rings (SSSR count). The van der Waals surface area contributed by atoms with E-state index in [1.807, 2.05) is 0 Å². The van der Waals surface area contributed by atoms with Crippen LogP contribution in [0.1, 0.15) is 33.1 Å². The van der Waals surface area contributed by atoms with Gasteiger partial charge < -0.3 is 0 Å². The summed E-state index contributed by atoms with van der Waals surface area (Å²) < 4.78 is 0. The van der Waals surface area contributed by atoms with Crippen molar-refractivity contribution in [3.05, 3.63) is 0 Å². The SMILES string of the molecule is CCCC(CC)B1SCCS1. The van der Waals surface area contributed by atoms with Crippen molar-refractivity contribution in [1.82, 2.24) is 0 Å². The molecule has 64 valence electrons. The number of hydrogen-bond donors (Lipinski definition) is 0. The molecule has 3 heteroatoms. The van der Waals surface area contributed by atoms with Gasteiger partial charge in [-0.3, -0.25) is 0 Å². The Hall–Kier alpha value is 0.765. The number of hydrogen-bond acceptors (Lipinski definition) is 2. The molecule has 0 N–H and O–H groups in total. The van der Waals surface area contributed by atoms with Gasteiger partial charge in [-0.1, -0.05) is 33.1 Å². The van der Waals surface area contributed by atoms with E-state index in [1.54, 1.807) is 0 Å². The number of rotatable bonds is 4. The van der Waals surface area contributed by atoms with Crippen molar-refractivity contribution in [3.8, 4) is 0 Å². The average molecular weight is 188 g/mol. The summed E-state index contributed by atoms with van der Waals surface area (Å²) in [5.41, 5.74) is 0. The van der Waals surface area contributed by atoms with Crippen LogP contribution >= 0.6 is 23.2 Å². The van der Waals surface area contributed by atoms with Crippen LogP contribution in [0.25, 0.3) is 0 Å². The predicted octanol–water partition coefficient (Wildman–Crippen LogP) is 3.53. The standard InChI is InChI=1S/C8H17BS2/c1-3-5-8(4-2)9-10-6-7-11-9/h8H,3-7H2,1-2H3. The first kappa shape index (κ1) is 9.85. The summed E-state index contributed by atoms with van der Waals surface area (Å²) in [5.74, 6) is 3.75. The minimum atomic E-state index is 0.931. The van der Waals surface area contributed by atoms with E-state index in [0.717, 1.165) is 11.1 Å². The zero-order chi connectivity index (χ0) is 8.10. The molecule has 1 aliphatic heterocycles. The Kier molecular flexibility index (Phi) is 4.85. The molecule has 1 heterocycles. The normalized spacial score (nSPS) is 20.7. The smallest absolute Gasteiger partial charge is 0.194 e. The zero-order valence-corrected chi connectivity index (χ0v) is 9.14. The highest BCUT2D eigenvalue weighted by molar-refractivity contribution is 8.56.